The lowest BCUT2D eigenvalue weighted by molar-refractivity contribution is 0.617. The zero-order valence-electron chi connectivity index (χ0n) is 10.3. The van der Waals surface area contributed by atoms with E-state index in [4.69, 9.17) is 11.6 Å². The summed E-state index contributed by atoms with van der Waals surface area (Å²) >= 11 is 5.61. The molecule has 0 aliphatic rings. The van der Waals surface area contributed by atoms with Gasteiger partial charge in [0.2, 0.25) is 0 Å². The predicted molar refractivity (Wildman–Crippen MR) is 73.2 cm³/mol. The lowest BCUT2D eigenvalue weighted by Crippen LogP contribution is -2.16. The Labute approximate surface area is 116 Å². The topological polar surface area (TPSA) is 12.0 Å². The second-order valence-electron chi connectivity index (χ2n) is 4.31. The molecule has 2 aromatic carbocycles. The molecule has 0 spiro atoms. The Morgan fingerprint density at radius 2 is 1.84 bits per heavy atom. The maximum Gasteiger partial charge on any atom is 0.142 e. The zero-order valence-corrected chi connectivity index (χ0v) is 11.1. The molecule has 2 aromatic rings. The molecule has 100 valence electrons. The van der Waals surface area contributed by atoms with E-state index in [0.717, 1.165) is 17.5 Å². The lowest BCUT2D eigenvalue weighted by atomic mass is 10.1. The van der Waals surface area contributed by atoms with E-state index in [2.05, 4.69) is 5.32 Å². The Morgan fingerprint density at radius 3 is 2.58 bits per heavy atom. The minimum absolute atomic E-state index is 0.128. The SMILES string of the molecule is Fc1cccc(CCNCc2ccc(Cl)c(F)c2)c1. The first-order chi connectivity index (χ1) is 9.15. The van der Waals surface area contributed by atoms with Gasteiger partial charge in [-0.1, -0.05) is 29.8 Å². The molecule has 0 unspecified atom stereocenters. The molecule has 0 aliphatic heterocycles. The normalized spacial score (nSPS) is 10.7. The molecule has 0 amide bonds. The van der Waals surface area contributed by atoms with Crippen molar-refractivity contribution in [2.75, 3.05) is 6.54 Å². The van der Waals surface area contributed by atoms with Crippen LogP contribution in [0, 0.1) is 11.6 Å². The third kappa shape index (κ3) is 4.30. The molecule has 0 atom stereocenters. The van der Waals surface area contributed by atoms with Crippen LogP contribution >= 0.6 is 11.6 Å². The number of nitrogens with one attached hydrogen (secondary N) is 1. The summed E-state index contributed by atoms with van der Waals surface area (Å²) in [5.74, 6) is -0.636. The van der Waals surface area contributed by atoms with Crippen molar-refractivity contribution in [3.05, 3.63) is 70.2 Å². The minimum atomic E-state index is -0.411. The van der Waals surface area contributed by atoms with Crippen LogP contribution in [0.2, 0.25) is 5.02 Å². The van der Waals surface area contributed by atoms with E-state index in [9.17, 15) is 8.78 Å². The summed E-state index contributed by atoms with van der Waals surface area (Å²) in [5.41, 5.74) is 1.77. The van der Waals surface area contributed by atoms with E-state index in [0.29, 0.717) is 13.1 Å². The van der Waals surface area contributed by atoms with Crippen molar-refractivity contribution < 1.29 is 8.78 Å². The average molecular weight is 282 g/mol. The number of hydrogen-bond donors (Lipinski definition) is 1. The van der Waals surface area contributed by atoms with Crippen LogP contribution in [-0.4, -0.2) is 6.54 Å². The third-order valence-electron chi connectivity index (χ3n) is 2.79. The summed E-state index contributed by atoms with van der Waals surface area (Å²) in [6.07, 6.45) is 0.730. The van der Waals surface area contributed by atoms with Crippen LogP contribution in [-0.2, 0) is 13.0 Å². The van der Waals surface area contributed by atoms with Crippen LogP contribution in [0.3, 0.4) is 0 Å². The Hall–Kier alpha value is -1.45. The largest absolute Gasteiger partial charge is 0.312 e. The lowest BCUT2D eigenvalue weighted by Gasteiger charge is -2.06. The van der Waals surface area contributed by atoms with Gasteiger partial charge in [0.15, 0.2) is 0 Å². The Kier molecular flexibility index (Phi) is 4.88. The highest BCUT2D eigenvalue weighted by molar-refractivity contribution is 6.30. The quantitative estimate of drug-likeness (QED) is 0.818. The monoisotopic (exact) mass is 281 g/mol. The Bertz CT molecular complexity index is 558. The fourth-order valence-corrected chi connectivity index (χ4v) is 1.93. The van der Waals surface area contributed by atoms with Gasteiger partial charge in [-0.3, -0.25) is 0 Å². The smallest absolute Gasteiger partial charge is 0.142 e. The van der Waals surface area contributed by atoms with Crippen LogP contribution in [0.5, 0.6) is 0 Å². The number of benzene rings is 2. The molecule has 0 saturated carbocycles. The van der Waals surface area contributed by atoms with E-state index in [-0.39, 0.29) is 10.8 Å². The van der Waals surface area contributed by atoms with Gasteiger partial charge in [0.25, 0.3) is 0 Å². The first kappa shape index (κ1) is 14.0. The summed E-state index contributed by atoms with van der Waals surface area (Å²) in [6.45, 7) is 1.26. The van der Waals surface area contributed by atoms with Crippen molar-refractivity contribution in [2.45, 2.75) is 13.0 Å². The van der Waals surface area contributed by atoms with E-state index >= 15 is 0 Å². The van der Waals surface area contributed by atoms with Gasteiger partial charge >= 0.3 is 0 Å². The van der Waals surface area contributed by atoms with Crippen molar-refractivity contribution in [1.29, 1.82) is 0 Å². The average Bonchev–Trinajstić information content (AvgIpc) is 2.39. The molecule has 0 radical (unpaired) electrons. The maximum absolute atomic E-state index is 13.2. The molecular weight excluding hydrogens is 268 g/mol. The maximum atomic E-state index is 13.2. The van der Waals surface area contributed by atoms with Gasteiger partial charge in [0, 0.05) is 6.54 Å². The first-order valence-corrected chi connectivity index (χ1v) is 6.42. The van der Waals surface area contributed by atoms with E-state index in [1.807, 2.05) is 6.07 Å². The number of hydrogen-bond acceptors (Lipinski definition) is 1. The van der Waals surface area contributed by atoms with Gasteiger partial charge in [-0.05, 0) is 48.4 Å². The summed E-state index contributed by atoms with van der Waals surface area (Å²) < 4.78 is 26.1. The Morgan fingerprint density at radius 1 is 1.00 bits per heavy atom. The van der Waals surface area contributed by atoms with E-state index in [1.54, 1.807) is 18.2 Å². The molecule has 19 heavy (non-hydrogen) atoms. The standard InChI is InChI=1S/C15H14ClF2N/c16-14-5-4-12(9-15(14)18)10-19-7-6-11-2-1-3-13(17)8-11/h1-5,8-9,19H,6-7,10H2. The molecule has 0 heterocycles. The molecule has 4 heteroatoms. The summed E-state index contributed by atoms with van der Waals surface area (Å²) in [5, 5.41) is 3.31. The van der Waals surface area contributed by atoms with Gasteiger partial charge in [-0.15, -0.1) is 0 Å². The first-order valence-electron chi connectivity index (χ1n) is 6.04. The summed E-state index contributed by atoms with van der Waals surface area (Å²) in [7, 11) is 0. The molecule has 1 nitrogen and oxygen atoms in total. The number of halogens is 3. The summed E-state index contributed by atoms with van der Waals surface area (Å²) in [6, 6.07) is 11.3. The van der Waals surface area contributed by atoms with Crippen molar-refractivity contribution >= 4 is 11.6 Å². The fourth-order valence-electron chi connectivity index (χ4n) is 1.81. The highest BCUT2D eigenvalue weighted by atomic mass is 35.5. The molecule has 2 rings (SSSR count). The molecule has 1 N–H and O–H groups in total. The second kappa shape index (κ2) is 6.64. The van der Waals surface area contributed by atoms with Crippen molar-refractivity contribution in [3.63, 3.8) is 0 Å². The molecule has 0 fully saturated rings. The summed E-state index contributed by atoms with van der Waals surface area (Å²) in [4.78, 5) is 0. The van der Waals surface area contributed by atoms with Crippen molar-refractivity contribution in [2.24, 2.45) is 0 Å². The second-order valence-corrected chi connectivity index (χ2v) is 4.71. The Balaban J connectivity index is 1.79. The van der Waals surface area contributed by atoms with Crippen LogP contribution in [0.4, 0.5) is 8.78 Å². The highest BCUT2D eigenvalue weighted by Gasteiger charge is 2.01. The minimum Gasteiger partial charge on any atom is -0.312 e. The molecule has 0 bridgehead atoms. The van der Waals surface area contributed by atoms with Crippen LogP contribution in [0.25, 0.3) is 0 Å². The van der Waals surface area contributed by atoms with Crippen molar-refractivity contribution in [1.82, 2.24) is 5.32 Å². The van der Waals surface area contributed by atoms with Crippen LogP contribution in [0.1, 0.15) is 11.1 Å². The van der Waals surface area contributed by atoms with Crippen molar-refractivity contribution in [3.8, 4) is 0 Å². The van der Waals surface area contributed by atoms with Gasteiger partial charge in [-0.25, -0.2) is 8.78 Å². The van der Waals surface area contributed by atoms with E-state index in [1.165, 1.54) is 18.2 Å². The molecule has 0 saturated heterocycles. The molecule has 0 aliphatic carbocycles. The van der Waals surface area contributed by atoms with Gasteiger partial charge < -0.3 is 5.32 Å². The molecular formula is C15H14ClF2N. The highest BCUT2D eigenvalue weighted by Crippen LogP contribution is 2.15. The zero-order chi connectivity index (χ0) is 13.7. The number of rotatable bonds is 5. The predicted octanol–water partition coefficient (Wildman–Crippen LogP) is 3.95. The van der Waals surface area contributed by atoms with Gasteiger partial charge in [0.05, 0.1) is 5.02 Å². The van der Waals surface area contributed by atoms with Crippen LogP contribution < -0.4 is 5.32 Å². The fraction of sp³-hybridized carbons (Fsp3) is 0.200. The van der Waals surface area contributed by atoms with Crippen LogP contribution in [0.15, 0.2) is 42.5 Å². The van der Waals surface area contributed by atoms with Gasteiger partial charge in [-0.2, -0.15) is 0 Å². The van der Waals surface area contributed by atoms with E-state index < -0.39 is 5.82 Å². The van der Waals surface area contributed by atoms with Gasteiger partial charge in [0.1, 0.15) is 11.6 Å². The third-order valence-corrected chi connectivity index (χ3v) is 3.10. The molecule has 0 aromatic heterocycles.